The molecule has 0 saturated carbocycles. The Morgan fingerprint density at radius 1 is 1.45 bits per heavy atom. The van der Waals surface area contributed by atoms with E-state index >= 15 is 0 Å². The smallest absolute Gasteiger partial charge is 0.0112 e. The third kappa shape index (κ3) is 2.51. The summed E-state index contributed by atoms with van der Waals surface area (Å²) < 4.78 is 0. The topological polar surface area (TPSA) is 0 Å². The van der Waals surface area contributed by atoms with E-state index in [2.05, 4.69) is 37.4 Å². The van der Waals surface area contributed by atoms with Crippen LogP contribution in [0.1, 0.15) is 23.8 Å². The monoisotopic (exact) mass is 166 g/mol. The summed E-state index contributed by atoms with van der Waals surface area (Å²) >= 11 is 1.85. The van der Waals surface area contributed by atoms with E-state index in [1.165, 1.54) is 10.4 Å². The molecule has 0 aliphatic heterocycles. The minimum absolute atomic E-state index is 1.11. The van der Waals surface area contributed by atoms with Crippen molar-refractivity contribution in [2.45, 2.75) is 26.7 Å². The molecule has 1 rings (SSSR count). The van der Waals surface area contributed by atoms with Gasteiger partial charge in [-0.05, 0) is 36.8 Å². The summed E-state index contributed by atoms with van der Waals surface area (Å²) in [6, 6.07) is 2.18. The molecule has 0 radical (unpaired) electrons. The molecule has 0 saturated heterocycles. The van der Waals surface area contributed by atoms with E-state index in [1.54, 1.807) is 0 Å². The molecule has 0 atom stereocenters. The van der Waals surface area contributed by atoms with E-state index in [9.17, 15) is 0 Å². The Bertz CT molecular complexity index is 233. The van der Waals surface area contributed by atoms with Crippen molar-refractivity contribution in [2.75, 3.05) is 0 Å². The molecule has 1 heteroatoms. The summed E-state index contributed by atoms with van der Waals surface area (Å²) in [6.07, 6.45) is 6.72. The van der Waals surface area contributed by atoms with E-state index in [0.717, 1.165) is 12.8 Å². The molecule has 0 aliphatic rings. The van der Waals surface area contributed by atoms with Crippen molar-refractivity contribution >= 4 is 11.3 Å². The average molecular weight is 166 g/mol. The van der Waals surface area contributed by atoms with Gasteiger partial charge < -0.3 is 0 Å². The highest BCUT2D eigenvalue weighted by Crippen LogP contribution is 2.16. The third-order valence-electron chi connectivity index (χ3n) is 1.67. The van der Waals surface area contributed by atoms with Gasteiger partial charge in [-0.2, -0.15) is 0 Å². The highest BCUT2D eigenvalue weighted by molar-refractivity contribution is 7.10. The molecule has 0 bridgehead atoms. The molecule has 0 amide bonds. The molecule has 1 heterocycles. The van der Waals surface area contributed by atoms with Crippen LogP contribution in [0, 0.1) is 6.92 Å². The maximum atomic E-state index is 2.25. The largest absolute Gasteiger partial charge is 0.148 e. The highest BCUT2D eigenvalue weighted by Gasteiger charge is 1.94. The van der Waals surface area contributed by atoms with Crippen molar-refractivity contribution in [3.05, 3.63) is 34.0 Å². The molecule has 0 fully saturated rings. The summed E-state index contributed by atoms with van der Waals surface area (Å²) in [6.45, 7) is 4.34. The lowest BCUT2D eigenvalue weighted by molar-refractivity contribution is 1.18. The second kappa shape index (κ2) is 4.35. The van der Waals surface area contributed by atoms with E-state index in [0.29, 0.717) is 0 Å². The number of aryl methyl sites for hydroxylation is 1. The van der Waals surface area contributed by atoms with Gasteiger partial charge in [-0.25, -0.2) is 0 Å². The van der Waals surface area contributed by atoms with Crippen LogP contribution in [0.2, 0.25) is 0 Å². The summed E-state index contributed by atoms with van der Waals surface area (Å²) in [5.74, 6) is 0. The standard InChI is InChI=1S/C10H14S/c1-3-4-5-6-10-9(2)7-8-11-10/h4-5,7-8H,3,6H2,1-2H3/b5-4-. The van der Waals surface area contributed by atoms with Gasteiger partial charge in [0, 0.05) is 4.88 Å². The van der Waals surface area contributed by atoms with Gasteiger partial charge in [0.15, 0.2) is 0 Å². The molecule has 0 spiro atoms. The lowest BCUT2D eigenvalue weighted by Gasteiger charge is -1.91. The van der Waals surface area contributed by atoms with Crippen molar-refractivity contribution in [3.8, 4) is 0 Å². The Hall–Kier alpha value is -0.560. The maximum absolute atomic E-state index is 2.25. The number of rotatable bonds is 3. The Morgan fingerprint density at radius 3 is 2.82 bits per heavy atom. The second-order valence-electron chi connectivity index (χ2n) is 2.61. The van der Waals surface area contributed by atoms with Gasteiger partial charge in [0.2, 0.25) is 0 Å². The number of thiophene rings is 1. The summed E-state index contributed by atoms with van der Waals surface area (Å²) in [4.78, 5) is 1.50. The fourth-order valence-electron chi connectivity index (χ4n) is 0.970. The maximum Gasteiger partial charge on any atom is 0.0112 e. The zero-order chi connectivity index (χ0) is 8.10. The van der Waals surface area contributed by atoms with Gasteiger partial charge >= 0.3 is 0 Å². The fourth-order valence-corrected chi connectivity index (χ4v) is 1.85. The lowest BCUT2D eigenvalue weighted by atomic mass is 10.2. The van der Waals surface area contributed by atoms with Crippen LogP contribution < -0.4 is 0 Å². The summed E-state index contributed by atoms with van der Waals surface area (Å²) in [5, 5.41) is 2.16. The molecular weight excluding hydrogens is 152 g/mol. The quantitative estimate of drug-likeness (QED) is 0.602. The van der Waals surface area contributed by atoms with Crippen LogP contribution in [-0.2, 0) is 6.42 Å². The van der Waals surface area contributed by atoms with E-state index in [1.807, 2.05) is 11.3 Å². The number of allylic oxidation sites excluding steroid dienone is 2. The average Bonchev–Trinajstić information content (AvgIpc) is 2.37. The second-order valence-corrected chi connectivity index (χ2v) is 3.61. The van der Waals surface area contributed by atoms with Crippen molar-refractivity contribution in [2.24, 2.45) is 0 Å². The first kappa shape index (κ1) is 8.54. The predicted molar refractivity (Wildman–Crippen MR) is 52.2 cm³/mol. The first-order chi connectivity index (χ1) is 5.34. The minimum atomic E-state index is 1.11. The lowest BCUT2D eigenvalue weighted by Crippen LogP contribution is -1.76. The van der Waals surface area contributed by atoms with Crippen LogP contribution in [0.5, 0.6) is 0 Å². The Balaban J connectivity index is 2.50. The number of hydrogen-bond donors (Lipinski definition) is 0. The fraction of sp³-hybridized carbons (Fsp3) is 0.400. The van der Waals surface area contributed by atoms with Crippen LogP contribution in [0.15, 0.2) is 23.6 Å². The van der Waals surface area contributed by atoms with Gasteiger partial charge in [0.1, 0.15) is 0 Å². The van der Waals surface area contributed by atoms with Crippen LogP contribution in [-0.4, -0.2) is 0 Å². The molecule has 0 aliphatic carbocycles. The molecule has 0 aromatic carbocycles. The normalized spacial score (nSPS) is 11.1. The predicted octanol–water partition coefficient (Wildman–Crippen LogP) is 3.57. The van der Waals surface area contributed by atoms with Gasteiger partial charge in [0.25, 0.3) is 0 Å². The van der Waals surface area contributed by atoms with Crippen molar-refractivity contribution in [1.82, 2.24) is 0 Å². The molecule has 1 aromatic heterocycles. The minimum Gasteiger partial charge on any atom is -0.148 e. The molecular formula is C10H14S. The molecule has 0 N–H and O–H groups in total. The van der Waals surface area contributed by atoms with Crippen LogP contribution in [0.3, 0.4) is 0 Å². The van der Waals surface area contributed by atoms with Crippen molar-refractivity contribution in [3.63, 3.8) is 0 Å². The van der Waals surface area contributed by atoms with Gasteiger partial charge in [-0.1, -0.05) is 19.1 Å². The highest BCUT2D eigenvalue weighted by atomic mass is 32.1. The van der Waals surface area contributed by atoms with Gasteiger partial charge in [-0.15, -0.1) is 11.3 Å². The van der Waals surface area contributed by atoms with Crippen molar-refractivity contribution in [1.29, 1.82) is 0 Å². The zero-order valence-corrected chi connectivity index (χ0v) is 7.95. The molecule has 0 nitrogen and oxygen atoms in total. The summed E-state index contributed by atoms with van der Waals surface area (Å²) in [5.41, 5.74) is 1.43. The SMILES string of the molecule is CC/C=C\Cc1sccc1C. The first-order valence-electron chi connectivity index (χ1n) is 4.02. The Labute approximate surface area is 72.6 Å². The molecule has 60 valence electrons. The van der Waals surface area contributed by atoms with E-state index in [4.69, 9.17) is 0 Å². The molecule has 11 heavy (non-hydrogen) atoms. The van der Waals surface area contributed by atoms with Crippen LogP contribution >= 0.6 is 11.3 Å². The van der Waals surface area contributed by atoms with Crippen LogP contribution in [0.25, 0.3) is 0 Å². The van der Waals surface area contributed by atoms with Gasteiger partial charge in [-0.3, -0.25) is 0 Å². The van der Waals surface area contributed by atoms with E-state index < -0.39 is 0 Å². The van der Waals surface area contributed by atoms with Gasteiger partial charge in [0.05, 0.1) is 0 Å². The Morgan fingerprint density at radius 2 is 2.27 bits per heavy atom. The van der Waals surface area contributed by atoms with Crippen LogP contribution in [0.4, 0.5) is 0 Å². The zero-order valence-electron chi connectivity index (χ0n) is 7.13. The Kier molecular flexibility index (Phi) is 3.37. The molecule has 0 unspecified atom stereocenters. The third-order valence-corrected chi connectivity index (χ3v) is 2.72. The molecule has 1 aromatic rings. The van der Waals surface area contributed by atoms with E-state index in [-0.39, 0.29) is 0 Å². The first-order valence-corrected chi connectivity index (χ1v) is 4.90. The number of hydrogen-bond acceptors (Lipinski definition) is 1. The van der Waals surface area contributed by atoms with Crippen molar-refractivity contribution < 1.29 is 0 Å². The summed E-state index contributed by atoms with van der Waals surface area (Å²) in [7, 11) is 0.